The van der Waals surface area contributed by atoms with Gasteiger partial charge in [-0.05, 0) is 60.6 Å². The highest BCUT2D eigenvalue weighted by atomic mass is 32.2. The molecule has 1 saturated carbocycles. The molecule has 1 aliphatic rings. The van der Waals surface area contributed by atoms with Crippen molar-refractivity contribution in [2.45, 2.75) is 62.1 Å². The number of alkyl halides is 3. The van der Waals surface area contributed by atoms with Crippen molar-refractivity contribution in [1.29, 1.82) is 0 Å². The number of nitrogens with one attached hydrogen (secondary N) is 1. The summed E-state index contributed by atoms with van der Waals surface area (Å²) < 4.78 is 65.0. The van der Waals surface area contributed by atoms with Crippen LogP contribution in [-0.4, -0.2) is 31.4 Å². The average molecular weight is 484 g/mol. The van der Waals surface area contributed by atoms with E-state index >= 15 is 0 Å². The Morgan fingerprint density at radius 1 is 1.06 bits per heavy atom. The van der Waals surface area contributed by atoms with Gasteiger partial charge in [-0.2, -0.15) is 13.2 Å². The zero-order valence-electron chi connectivity index (χ0n) is 18.4. The van der Waals surface area contributed by atoms with E-state index in [9.17, 15) is 31.5 Å². The summed E-state index contributed by atoms with van der Waals surface area (Å²) in [6, 6.07) is 11.1. The van der Waals surface area contributed by atoms with E-state index in [0.29, 0.717) is 17.7 Å². The van der Waals surface area contributed by atoms with Crippen LogP contribution < -0.4 is 5.32 Å². The van der Waals surface area contributed by atoms with Gasteiger partial charge in [0.25, 0.3) is 0 Å². The molecule has 2 aromatic carbocycles. The van der Waals surface area contributed by atoms with Gasteiger partial charge in [-0.3, -0.25) is 4.79 Å². The molecule has 9 heteroatoms. The van der Waals surface area contributed by atoms with E-state index in [-0.39, 0.29) is 35.0 Å². The number of hydrogen-bond donors (Lipinski definition) is 2. The summed E-state index contributed by atoms with van der Waals surface area (Å²) in [4.78, 5) is 12.6. The molecule has 0 heterocycles. The molecule has 0 aromatic heterocycles. The van der Waals surface area contributed by atoms with E-state index in [1.165, 1.54) is 24.3 Å². The Bertz CT molecular complexity index is 1060. The fourth-order valence-corrected chi connectivity index (χ4v) is 5.31. The quantitative estimate of drug-likeness (QED) is 0.499. The predicted molar refractivity (Wildman–Crippen MR) is 119 cm³/mol. The van der Waals surface area contributed by atoms with Crippen molar-refractivity contribution in [2.24, 2.45) is 5.92 Å². The summed E-state index contributed by atoms with van der Waals surface area (Å²) in [6.45, 7) is 1.75. The van der Waals surface area contributed by atoms with Crippen molar-refractivity contribution in [1.82, 2.24) is 0 Å². The fraction of sp³-hybridized carbons (Fsp3) is 0.458. The molecule has 1 unspecified atom stereocenters. The molecule has 5 nitrogen and oxygen atoms in total. The van der Waals surface area contributed by atoms with Gasteiger partial charge in [0.2, 0.25) is 5.91 Å². The summed E-state index contributed by atoms with van der Waals surface area (Å²) in [5.74, 6) is -0.0101. The first-order valence-corrected chi connectivity index (χ1v) is 12.6. The maximum atomic E-state index is 13.5. The summed E-state index contributed by atoms with van der Waals surface area (Å²) >= 11 is 0. The molecule has 0 bridgehead atoms. The van der Waals surface area contributed by atoms with Crippen LogP contribution >= 0.6 is 0 Å². The maximum absolute atomic E-state index is 13.5. The number of hydrogen-bond acceptors (Lipinski definition) is 4. The standard InChI is InChI=1S/C24H28F3NO4S/c1-2-3-14-23(30,24(25,26)27)19-8-10-20(11-9-19)28-22(29)15-17-6-12-21(13-7-17)33(31,32)16-18-4-5-18/h6-13,18,30H,2-5,14-16H2,1H3,(H,28,29). The maximum Gasteiger partial charge on any atom is 0.421 e. The lowest BCUT2D eigenvalue weighted by molar-refractivity contribution is -0.269. The Morgan fingerprint density at radius 3 is 2.18 bits per heavy atom. The third kappa shape index (κ3) is 6.35. The molecule has 180 valence electrons. The third-order valence-corrected chi connectivity index (χ3v) is 7.71. The largest absolute Gasteiger partial charge is 0.421 e. The SMILES string of the molecule is CCCCC(O)(c1ccc(NC(=O)Cc2ccc(S(=O)(=O)CC3CC3)cc2)cc1)C(F)(F)F. The second kappa shape index (κ2) is 9.85. The Balaban J connectivity index is 1.62. The molecule has 2 N–H and O–H groups in total. The van der Waals surface area contributed by atoms with Gasteiger partial charge in [0, 0.05) is 5.69 Å². The fourth-order valence-electron chi connectivity index (χ4n) is 3.61. The highest BCUT2D eigenvalue weighted by molar-refractivity contribution is 7.91. The summed E-state index contributed by atoms with van der Waals surface area (Å²) in [5.41, 5.74) is -2.30. The van der Waals surface area contributed by atoms with Crippen LogP contribution in [0, 0.1) is 5.92 Å². The minimum Gasteiger partial charge on any atom is -0.376 e. The first kappa shape index (κ1) is 25.2. The summed E-state index contributed by atoms with van der Waals surface area (Å²) in [5, 5.41) is 12.9. The molecule has 1 aliphatic carbocycles. The number of benzene rings is 2. The van der Waals surface area contributed by atoms with Crippen LogP contribution in [0.3, 0.4) is 0 Å². The van der Waals surface area contributed by atoms with Crippen LogP contribution in [-0.2, 0) is 26.7 Å². The molecule has 33 heavy (non-hydrogen) atoms. The number of unbranched alkanes of at least 4 members (excludes halogenated alkanes) is 1. The predicted octanol–water partition coefficient (Wildman–Crippen LogP) is 4.99. The number of anilines is 1. The van der Waals surface area contributed by atoms with E-state index in [2.05, 4.69) is 5.32 Å². The first-order chi connectivity index (χ1) is 15.4. The number of halogens is 3. The van der Waals surface area contributed by atoms with Crippen molar-refractivity contribution in [3.63, 3.8) is 0 Å². The van der Waals surface area contributed by atoms with Gasteiger partial charge in [0.1, 0.15) is 0 Å². The molecule has 1 amide bonds. The monoisotopic (exact) mass is 483 g/mol. The third-order valence-electron chi connectivity index (χ3n) is 5.81. The Morgan fingerprint density at radius 2 is 1.67 bits per heavy atom. The van der Waals surface area contributed by atoms with Crippen molar-refractivity contribution in [3.8, 4) is 0 Å². The van der Waals surface area contributed by atoms with Gasteiger partial charge in [-0.15, -0.1) is 0 Å². The number of carbonyl (C=O) groups is 1. The van der Waals surface area contributed by atoms with Gasteiger partial charge in [-0.1, -0.05) is 44.0 Å². The van der Waals surface area contributed by atoms with Crippen LogP contribution in [0.1, 0.15) is 50.2 Å². The zero-order chi connectivity index (χ0) is 24.3. The Hall–Kier alpha value is -2.39. The normalized spacial score (nSPS) is 16.3. The van der Waals surface area contributed by atoms with Crippen molar-refractivity contribution >= 4 is 21.4 Å². The summed E-state index contributed by atoms with van der Waals surface area (Å²) in [7, 11) is -3.32. The van der Waals surface area contributed by atoms with Crippen LogP contribution in [0.15, 0.2) is 53.4 Å². The lowest BCUT2D eigenvalue weighted by atomic mass is 9.88. The van der Waals surface area contributed by atoms with Gasteiger partial charge in [0.05, 0.1) is 17.1 Å². The van der Waals surface area contributed by atoms with Crippen LogP contribution in [0.4, 0.5) is 18.9 Å². The molecular weight excluding hydrogens is 455 g/mol. The van der Waals surface area contributed by atoms with Gasteiger partial charge >= 0.3 is 6.18 Å². The second-order valence-corrected chi connectivity index (χ2v) is 10.7. The number of rotatable bonds is 10. The van der Waals surface area contributed by atoms with E-state index in [4.69, 9.17) is 0 Å². The van der Waals surface area contributed by atoms with Crippen molar-refractivity contribution in [3.05, 3.63) is 59.7 Å². The smallest absolute Gasteiger partial charge is 0.376 e. The topological polar surface area (TPSA) is 83.5 Å². The van der Waals surface area contributed by atoms with E-state index < -0.39 is 33.9 Å². The molecule has 0 spiro atoms. The Kier molecular flexibility index (Phi) is 7.53. The van der Waals surface area contributed by atoms with Crippen LogP contribution in [0.5, 0.6) is 0 Å². The van der Waals surface area contributed by atoms with Gasteiger partial charge in [0.15, 0.2) is 15.4 Å². The van der Waals surface area contributed by atoms with Crippen LogP contribution in [0.2, 0.25) is 0 Å². The lowest BCUT2D eigenvalue weighted by Crippen LogP contribution is -2.42. The number of sulfone groups is 1. The molecular formula is C24H28F3NO4S. The minimum absolute atomic E-state index is 0.0201. The second-order valence-electron chi connectivity index (χ2n) is 8.63. The highest BCUT2D eigenvalue weighted by Gasteiger charge is 2.54. The number of aliphatic hydroxyl groups is 1. The highest BCUT2D eigenvalue weighted by Crippen LogP contribution is 2.43. The lowest BCUT2D eigenvalue weighted by Gasteiger charge is -2.31. The first-order valence-electron chi connectivity index (χ1n) is 11.0. The van der Waals surface area contributed by atoms with Gasteiger partial charge in [-0.25, -0.2) is 8.42 Å². The number of carbonyl (C=O) groups excluding carboxylic acids is 1. The van der Waals surface area contributed by atoms with E-state index in [0.717, 1.165) is 25.0 Å². The molecule has 1 fully saturated rings. The zero-order valence-corrected chi connectivity index (χ0v) is 19.2. The minimum atomic E-state index is -4.81. The van der Waals surface area contributed by atoms with Crippen molar-refractivity contribution in [2.75, 3.05) is 11.1 Å². The average Bonchev–Trinajstić information content (AvgIpc) is 3.55. The molecule has 0 aliphatic heterocycles. The Labute approximate surface area is 191 Å². The van der Waals surface area contributed by atoms with Crippen LogP contribution in [0.25, 0.3) is 0 Å². The summed E-state index contributed by atoms with van der Waals surface area (Å²) in [6.07, 6.45) is -2.67. The number of amides is 1. The molecule has 3 rings (SSSR count). The molecule has 0 radical (unpaired) electrons. The molecule has 1 atom stereocenters. The molecule has 0 saturated heterocycles. The van der Waals surface area contributed by atoms with Crippen molar-refractivity contribution < 1.29 is 31.5 Å². The van der Waals surface area contributed by atoms with Gasteiger partial charge < -0.3 is 10.4 Å². The molecule has 2 aromatic rings. The van der Waals surface area contributed by atoms with E-state index in [1.807, 2.05) is 0 Å². The van der Waals surface area contributed by atoms with E-state index in [1.54, 1.807) is 19.1 Å².